The third-order valence-electron chi connectivity index (χ3n) is 6.02. The summed E-state index contributed by atoms with van der Waals surface area (Å²) in [5.74, 6) is -0.581. The second-order valence-corrected chi connectivity index (χ2v) is 9.79. The third-order valence-corrected chi connectivity index (χ3v) is 7.21. The number of anilines is 2. The van der Waals surface area contributed by atoms with Gasteiger partial charge in [0.1, 0.15) is 0 Å². The number of carbonyl (C=O) groups is 1. The summed E-state index contributed by atoms with van der Waals surface area (Å²) in [7, 11) is 3.91. The van der Waals surface area contributed by atoms with E-state index in [0.717, 1.165) is 29.2 Å². The molecule has 0 radical (unpaired) electrons. The fourth-order valence-electron chi connectivity index (χ4n) is 4.16. The molecule has 4 aromatic rings. The lowest BCUT2D eigenvalue weighted by Crippen LogP contribution is -2.35. The Labute approximate surface area is 207 Å². The number of amides is 1. The fraction of sp³-hybridized carbons (Fsp3) is 0.308. The Kier molecular flexibility index (Phi) is 6.72. The van der Waals surface area contributed by atoms with Crippen LogP contribution in [0.5, 0.6) is 0 Å². The van der Waals surface area contributed by atoms with Crippen molar-refractivity contribution in [3.8, 4) is 11.1 Å². The number of nitrogens with one attached hydrogen (secondary N) is 1. The Morgan fingerprint density at radius 1 is 1.09 bits per heavy atom. The molecule has 0 atom stereocenters. The van der Waals surface area contributed by atoms with Crippen LogP contribution in [0.4, 0.5) is 10.7 Å². The topological polar surface area (TPSA) is 80.0 Å². The van der Waals surface area contributed by atoms with Crippen LogP contribution in [0.1, 0.15) is 9.67 Å². The minimum atomic E-state index is -0.397. The smallest absolute Gasteiger partial charge is 0.408 e. The SMILES string of the molecule is CN(C)CCn1c(=O)oc2ccc(NC(=O)c3cc(-c4ccccc4)c(N4CCOCC4)s3)cc21. The van der Waals surface area contributed by atoms with Gasteiger partial charge < -0.3 is 24.3 Å². The highest BCUT2D eigenvalue weighted by atomic mass is 32.1. The zero-order chi connectivity index (χ0) is 24.4. The standard InChI is InChI=1S/C26H28N4O4S/c1-28(2)10-11-30-21-16-19(8-9-22(21)34-26(30)32)27-24(31)23-17-20(18-6-4-3-5-7-18)25(35-23)29-12-14-33-15-13-29/h3-9,16-17H,10-15H2,1-2H3,(H,27,31). The molecule has 3 heterocycles. The van der Waals surface area contributed by atoms with E-state index in [1.807, 2.05) is 43.3 Å². The van der Waals surface area contributed by atoms with E-state index >= 15 is 0 Å². The molecule has 9 heteroatoms. The van der Waals surface area contributed by atoms with Crippen molar-refractivity contribution >= 4 is 39.0 Å². The maximum atomic E-state index is 13.3. The lowest BCUT2D eigenvalue weighted by Gasteiger charge is -2.28. The van der Waals surface area contributed by atoms with E-state index in [1.54, 1.807) is 22.8 Å². The predicted octanol–water partition coefficient (Wildman–Crippen LogP) is 3.97. The van der Waals surface area contributed by atoms with Crippen LogP contribution >= 0.6 is 11.3 Å². The van der Waals surface area contributed by atoms with Crippen LogP contribution in [-0.4, -0.2) is 62.3 Å². The van der Waals surface area contributed by atoms with Crippen molar-refractivity contribution in [1.82, 2.24) is 9.47 Å². The van der Waals surface area contributed by atoms with Crippen molar-refractivity contribution in [1.29, 1.82) is 0 Å². The summed E-state index contributed by atoms with van der Waals surface area (Å²) in [6.07, 6.45) is 0. The lowest BCUT2D eigenvalue weighted by atomic mass is 10.1. The van der Waals surface area contributed by atoms with Crippen molar-refractivity contribution in [2.75, 3.05) is 57.2 Å². The van der Waals surface area contributed by atoms with E-state index in [-0.39, 0.29) is 5.91 Å². The number of likely N-dealkylation sites (N-methyl/N-ethyl adjacent to an activating group) is 1. The molecule has 5 rings (SSSR count). The van der Waals surface area contributed by atoms with Crippen LogP contribution in [0.3, 0.4) is 0 Å². The van der Waals surface area contributed by atoms with Gasteiger partial charge in [-0.1, -0.05) is 30.3 Å². The van der Waals surface area contributed by atoms with Crippen molar-refractivity contribution in [2.24, 2.45) is 0 Å². The van der Waals surface area contributed by atoms with Crippen molar-refractivity contribution < 1.29 is 13.9 Å². The van der Waals surface area contributed by atoms with Crippen LogP contribution in [0.25, 0.3) is 22.2 Å². The van der Waals surface area contributed by atoms with Gasteiger partial charge in [0, 0.05) is 37.4 Å². The summed E-state index contributed by atoms with van der Waals surface area (Å²) < 4.78 is 12.5. The van der Waals surface area contributed by atoms with Gasteiger partial charge in [-0.15, -0.1) is 11.3 Å². The molecule has 2 aromatic carbocycles. The fourth-order valence-corrected chi connectivity index (χ4v) is 5.29. The van der Waals surface area contributed by atoms with Crippen LogP contribution in [0, 0.1) is 0 Å². The highest BCUT2D eigenvalue weighted by Crippen LogP contribution is 2.39. The molecule has 1 fully saturated rings. The average molecular weight is 493 g/mol. The molecule has 1 amide bonds. The van der Waals surface area contributed by atoms with Crippen molar-refractivity contribution in [3.63, 3.8) is 0 Å². The zero-order valence-electron chi connectivity index (χ0n) is 19.8. The van der Waals surface area contributed by atoms with Crippen LogP contribution in [0.15, 0.2) is 63.8 Å². The first-order chi connectivity index (χ1) is 17.0. The highest BCUT2D eigenvalue weighted by molar-refractivity contribution is 7.18. The van der Waals surface area contributed by atoms with Gasteiger partial charge in [-0.2, -0.15) is 0 Å². The largest absolute Gasteiger partial charge is 0.419 e. The first-order valence-electron chi connectivity index (χ1n) is 11.6. The first kappa shape index (κ1) is 23.3. The van der Waals surface area contributed by atoms with Crippen LogP contribution < -0.4 is 16.0 Å². The van der Waals surface area contributed by atoms with Crippen LogP contribution in [-0.2, 0) is 11.3 Å². The highest BCUT2D eigenvalue weighted by Gasteiger charge is 2.22. The Morgan fingerprint density at radius 3 is 2.60 bits per heavy atom. The number of ether oxygens (including phenoxy) is 1. The van der Waals surface area contributed by atoms with Gasteiger partial charge in [-0.3, -0.25) is 9.36 Å². The van der Waals surface area contributed by atoms with E-state index in [1.165, 1.54) is 11.3 Å². The summed E-state index contributed by atoms with van der Waals surface area (Å²) in [5.41, 5.74) is 3.91. The maximum absolute atomic E-state index is 13.3. The summed E-state index contributed by atoms with van der Waals surface area (Å²) in [6, 6.07) is 17.4. The minimum absolute atomic E-state index is 0.184. The minimum Gasteiger partial charge on any atom is -0.408 e. The molecule has 1 saturated heterocycles. The number of benzene rings is 2. The lowest BCUT2D eigenvalue weighted by molar-refractivity contribution is 0.103. The Balaban J connectivity index is 1.44. The maximum Gasteiger partial charge on any atom is 0.419 e. The number of nitrogens with zero attached hydrogens (tertiary/aromatic N) is 3. The number of aromatic nitrogens is 1. The molecular weight excluding hydrogens is 464 g/mol. The van der Waals surface area contributed by atoms with E-state index in [0.29, 0.717) is 48.0 Å². The molecule has 1 N–H and O–H groups in total. The third kappa shape index (κ3) is 5.02. The van der Waals surface area contributed by atoms with Gasteiger partial charge in [0.15, 0.2) is 5.58 Å². The molecule has 0 spiro atoms. The van der Waals surface area contributed by atoms with Gasteiger partial charge in [-0.25, -0.2) is 4.79 Å². The molecule has 0 saturated carbocycles. The first-order valence-corrected chi connectivity index (χ1v) is 12.4. The number of oxazole rings is 1. The molecule has 35 heavy (non-hydrogen) atoms. The molecule has 0 bridgehead atoms. The molecule has 1 aliphatic rings. The quantitative estimate of drug-likeness (QED) is 0.421. The molecule has 8 nitrogen and oxygen atoms in total. The van der Waals surface area contributed by atoms with Gasteiger partial charge in [0.2, 0.25) is 0 Å². The number of carbonyl (C=O) groups excluding carboxylic acids is 1. The number of hydrogen-bond donors (Lipinski definition) is 1. The Bertz CT molecular complexity index is 1380. The van der Waals surface area contributed by atoms with Gasteiger partial charge in [-0.05, 0) is 43.9 Å². The second kappa shape index (κ2) is 10.1. The van der Waals surface area contributed by atoms with Crippen LogP contribution in [0.2, 0.25) is 0 Å². The number of rotatable bonds is 7. The second-order valence-electron chi connectivity index (χ2n) is 8.75. The number of thiophene rings is 1. The van der Waals surface area contributed by atoms with Gasteiger partial charge in [0.25, 0.3) is 5.91 Å². The van der Waals surface area contributed by atoms with Crippen molar-refractivity contribution in [2.45, 2.75) is 6.54 Å². The average Bonchev–Trinajstić information content (AvgIpc) is 3.45. The summed E-state index contributed by atoms with van der Waals surface area (Å²) in [4.78, 5) is 30.5. The van der Waals surface area contributed by atoms with Crippen molar-refractivity contribution in [3.05, 3.63) is 70.0 Å². The normalized spacial score (nSPS) is 14.1. The summed E-state index contributed by atoms with van der Waals surface area (Å²) in [6.45, 7) is 4.14. The van der Waals surface area contributed by atoms with Gasteiger partial charge >= 0.3 is 5.76 Å². The molecule has 1 aliphatic heterocycles. The Morgan fingerprint density at radius 2 is 1.86 bits per heavy atom. The zero-order valence-corrected chi connectivity index (χ0v) is 20.6. The molecule has 0 aliphatic carbocycles. The molecule has 2 aromatic heterocycles. The molecule has 182 valence electrons. The number of fused-ring (bicyclic) bond motifs is 1. The van der Waals surface area contributed by atoms with E-state index in [4.69, 9.17) is 9.15 Å². The van der Waals surface area contributed by atoms with E-state index in [2.05, 4.69) is 22.3 Å². The Hall–Kier alpha value is -3.40. The molecule has 0 unspecified atom stereocenters. The van der Waals surface area contributed by atoms with Gasteiger partial charge in [0.05, 0.1) is 28.6 Å². The summed E-state index contributed by atoms with van der Waals surface area (Å²) >= 11 is 1.49. The molecular formula is C26H28N4O4S. The predicted molar refractivity (Wildman–Crippen MR) is 140 cm³/mol. The number of morpholine rings is 1. The number of hydrogen-bond acceptors (Lipinski definition) is 7. The van der Waals surface area contributed by atoms with E-state index < -0.39 is 5.76 Å². The monoisotopic (exact) mass is 492 g/mol. The van der Waals surface area contributed by atoms with E-state index in [9.17, 15) is 9.59 Å². The summed E-state index contributed by atoms with van der Waals surface area (Å²) in [5, 5.41) is 4.08.